The summed E-state index contributed by atoms with van der Waals surface area (Å²) < 4.78 is 31.0. The Morgan fingerprint density at radius 3 is 2.83 bits per heavy atom. The van der Waals surface area contributed by atoms with Gasteiger partial charge in [0.2, 0.25) is 0 Å². The fourth-order valence-electron chi connectivity index (χ4n) is 7.06. The molecule has 1 aliphatic heterocycles. The second kappa shape index (κ2) is 9.84. The SMILES string of the molecule is CCCSc1nc(N2CC[C@@H](CC(=O)O)C2)ccc1C(=O)NC1C2CC3C[C@@](OC(F)F)(C2)CC31. The predicted octanol–water partition coefficient (Wildman–Crippen LogP) is 4.41. The van der Waals surface area contributed by atoms with Crippen LogP contribution < -0.4 is 10.2 Å². The number of carboxylic acid groups (broad SMARTS) is 1. The first-order chi connectivity index (χ1) is 16.8. The topological polar surface area (TPSA) is 91.8 Å². The molecule has 2 N–H and O–H groups in total. The largest absolute Gasteiger partial charge is 0.481 e. The summed E-state index contributed by atoms with van der Waals surface area (Å²) in [5.41, 5.74) is -0.169. The smallest absolute Gasteiger partial charge is 0.345 e. The molecule has 1 aromatic rings. The molecular weight excluding hydrogens is 476 g/mol. The molecule has 1 amide bonds. The molecule has 4 bridgehead atoms. The lowest BCUT2D eigenvalue weighted by Crippen LogP contribution is -2.49. The molecule has 0 aromatic carbocycles. The average Bonchev–Trinajstić information content (AvgIpc) is 3.42. The molecule has 1 aromatic heterocycles. The highest BCUT2D eigenvalue weighted by atomic mass is 32.2. The van der Waals surface area contributed by atoms with Gasteiger partial charge in [0.05, 0.1) is 11.2 Å². The van der Waals surface area contributed by atoms with E-state index in [9.17, 15) is 18.4 Å². The van der Waals surface area contributed by atoms with Gasteiger partial charge in [0, 0.05) is 25.6 Å². The van der Waals surface area contributed by atoms with Crippen molar-refractivity contribution in [3.8, 4) is 0 Å². The molecule has 2 heterocycles. The van der Waals surface area contributed by atoms with E-state index in [1.807, 2.05) is 12.1 Å². The van der Waals surface area contributed by atoms with Gasteiger partial charge in [-0.25, -0.2) is 4.98 Å². The number of aromatic nitrogens is 1. The van der Waals surface area contributed by atoms with Crippen molar-refractivity contribution in [3.05, 3.63) is 17.7 Å². The molecule has 192 valence electrons. The molecule has 10 heteroatoms. The maximum atomic E-state index is 13.4. The summed E-state index contributed by atoms with van der Waals surface area (Å²) in [5.74, 6) is 1.47. The summed E-state index contributed by atoms with van der Waals surface area (Å²) in [6, 6.07) is 3.67. The number of hydrogen-bond acceptors (Lipinski definition) is 6. The van der Waals surface area contributed by atoms with Crippen LogP contribution in [-0.4, -0.2) is 59.1 Å². The summed E-state index contributed by atoms with van der Waals surface area (Å²) in [4.78, 5) is 31.4. The van der Waals surface area contributed by atoms with Crippen LogP contribution in [0.25, 0.3) is 0 Å². The molecule has 4 saturated carbocycles. The molecule has 7 nitrogen and oxygen atoms in total. The van der Waals surface area contributed by atoms with Gasteiger partial charge in [0.1, 0.15) is 10.8 Å². The zero-order valence-corrected chi connectivity index (χ0v) is 20.7. The van der Waals surface area contributed by atoms with Crippen molar-refractivity contribution < 1.29 is 28.2 Å². The van der Waals surface area contributed by atoms with E-state index in [1.54, 1.807) is 11.8 Å². The number of carboxylic acids is 1. The van der Waals surface area contributed by atoms with Gasteiger partial charge in [-0.2, -0.15) is 8.78 Å². The minimum Gasteiger partial charge on any atom is -0.481 e. The van der Waals surface area contributed by atoms with E-state index in [2.05, 4.69) is 17.1 Å². The van der Waals surface area contributed by atoms with E-state index in [0.717, 1.165) is 37.4 Å². The molecule has 5 aliphatic rings. The van der Waals surface area contributed by atoms with Gasteiger partial charge in [-0.05, 0) is 80.1 Å². The Morgan fingerprint density at radius 2 is 2.11 bits per heavy atom. The molecule has 5 fully saturated rings. The van der Waals surface area contributed by atoms with Crippen molar-refractivity contribution >= 4 is 29.5 Å². The van der Waals surface area contributed by atoms with Gasteiger partial charge < -0.3 is 20.1 Å². The lowest BCUT2D eigenvalue weighted by molar-refractivity contribution is -0.222. The van der Waals surface area contributed by atoms with Crippen LogP contribution in [0.5, 0.6) is 0 Å². The third-order valence-corrected chi connectivity index (χ3v) is 9.50. The number of anilines is 1. The number of halogens is 2. The van der Waals surface area contributed by atoms with E-state index >= 15 is 0 Å². The van der Waals surface area contributed by atoms with Crippen LogP contribution in [0.1, 0.15) is 62.2 Å². The van der Waals surface area contributed by atoms with E-state index in [-0.39, 0.29) is 36.1 Å². The number of aliphatic carboxylic acids is 1. The molecule has 35 heavy (non-hydrogen) atoms. The Labute approximate surface area is 208 Å². The number of carbonyl (C=O) groups excluding carboxylic acids is 1. The number of amides is 1. The molecular formula is C25H33F2N3O4S. The van der Waals surface area contributed by atoms with Gasteiger partial charge in [-0.3, -0.25) is 9.59 Å². The maximum Gasteiger partial charge on any atom is 0.345 e. The van der Waals surface area contributed by atoms with Crippen LogP contribution >= 0.6 is 11.8 Å². The van der Waals surface area contributed by atoms with Gasteiger partial charge >= 0.3 is 12.6 Å². The Bertz CT molecular complexity index is 978. The Hall–Kier alpha value is -1.94. The molecule has 4 unspecified atom stereocenters. The summed E-state index contributed by atoms with van der Waals surface area (Å²) in [5, 5.41) is 13.0. The number of rotatable bonds is 10. The van der Waals surface area contributed by atoms with Crippen LogP contribution in [-0.2, 0) is 9.53 Å². The van der Waals surface area contributed by atoms with Gasteiger partial charge in [0.25, 0.3) is 5.91 Å². The van der Waals surface area contributed by atoms with E-state index in [4.69, 9.17) is 14.8 Å². The first-order valence-corrected chi connectivity index (χ1v) is 13.6. The quantitative estimate of drug-likeness (QED) is 0.452. The number of hydrogen-bond donors (Lipinski definition) is 2. The van der Waals surface area contributed by atoms with Crippen LogP contribution in [0.15, 0.2) is 17.2 Å². The Balaban J connectivity index is 1.29. The normalized spacial score (nSPS) is 33.1. The van der Waals surface area contributed by atoms with Crippen molar-refractivity contribution in [1.82, 2.24) is 10.3 Å². The van der Waals surface area contributed by atoms with E-state index in [0.29, 0.717) is 42.3 Å². The maximum absolute atomic E-state index is 13.4. The second-order valence-corrected chi connectivity index (χ2v) is 11.7. The number of nitrogens with zero attached hydrogens (tertiary/aromatic N) is 2. The number of alkyl halides is 2. The minimum atomic E-state index is -2.75. The molecule has 1 saturated heterocycles. The van der Waals surface area contributed by atoms with Crippen molar-refractivity contribution in [2.45, 2.75) is 75.1 Å². The third-order valence-electron chi connectivity index (χ3n) is 8.30. The van der Waals surface area contributed by atoms with Crippen molar-refractivity contribution in [1.29, 1.82) is 0 Å². The molecule has 4 aliphatic carbocycles. The molecule has 6 atom stereocenters. The fraction of sp³-hybridized carbons (Fsp3) is 0.720. The van der Waals surface area contributed by atoms with Crippen LogP contribution in [0, 0.1) is 23.7 Å². The van der Waals surface area contributed by atoms with Crippen LogP contribution in [0.3, 0.4) is 0 Å². The van der Waals surface area contributed by atoms with Crippen LogP contribution in [0.2, 0.25) is 0 Å². The lowest BCUT2D eigenvalue weighted by atomic mass is 9.76. The summed E-state index contributed by atoms with van der Waals surface area (Å²) >= 11 is 1.56. The molecule has 0 spiro atoms. The van der Waals surface area contributed by atoms with Crippen LogP contribution in [0.4, 0.5) is 14.6 Å². The Kier molecular flexibility index (Phi) is 6.96. The Morgan fingerprint density at radius 1 is 1.31 bits per heavy atom. The number of carbonyl (C=O) groups is 2. The highest BCUT2D eigenvalue weighted by Crippen LogP contribution is 2.61. The van der Waals surface area contributed by atoms with Crippen molar-refractivity contribution in [2.75, 3.05) is 23.7 Å². The number of thioether (sulfide) groups is 1. The zero-order chi connectivity index (χ0) is 24.7. The summed E-state index contributed by atoms with van der Waals surface area (Å²) in [6.45, 7) is 0.732. The highest BCUT2D eigenvalue weighted by molar-refractivity contribution is 7.99. The van der Waals surface area contributed by atoms with E-state index < -0.39 is 18.2 Å². The predicted molar refractivity (Wildman–Crippen MR) is 128 cm³/mol. The number of nitrogens with one attached hydrogen (secondary N) is 1. The van der Waals surface area contributed by atoms with E-state index in [1.165, 1.54) is 0 Å². The first kappa shape index (κ1) is 24.7. The minimum absolute atomic E-state index is 0.0107. The van der Waals surface area contributed by atoms with Gasteiger partial charge in [-0.15, -0.1) is 11.8 Å². The van der Waals surface area contributed by atoms with Gasteiger partial charge in [-0.1, -0.05) is 6.92 Å². The summed E-state index contributed by atoms with van der Waals surface area (Å²) in [7, 11) is 0. The summed E-state index contributed by atoms with van der Waals surface area (Å²) in [6.07, 6.45) is 4.71. The average molecular weight is 510 g/mol. The lowest BCUT2D eigenvalue weighted by Gasteiger charge is -2.41. The van der Waals surface area contributed by atoms with Crippen molar-refractivity contribution in [2.24, 2.45) is 23.7 Å². The monoisotopic (exact) mass is 509 g/mol. The first-order valence-electron chi connectivity index (χ1n) is 12.6. The standard InChI is InChI=1S/C25H33F2N3O4S/c1-2-7-35-23-17(3-4-19(28-23)30-6-5-14(13-30)8-20(31)32)22(33)29-21-16-9-15-10-25(11-16,12-18(15)21)34-24(26)27/h3-4,14-16,18,21,24H,2,5-13H2,1H3,(H,29,33)(H,31,32)/t14-,15?,16?,18?,21?,25+/m0/s1. The second-order valence-electron chi connectivity index (χ2n) is 10.7. The van der Waals surface area contributed by atoms with Gasteiger partial charge in [0.15, 0.2) is 0 Å². The van der Waals surface area contributed by atoms with Crippen molar-refractivity contribution in [3.63, 3.8) is 0 Å². The number of ether oxygens (including phenoxy) is 1. The fourth-order valence-corrected chi connectivity index (χ4v) is 7.93. The zero-order valence-electron chi connectivity index (χ0n) is 19.9. The highest BCUT2D eigenvalue weighted by Gasteiger charge is 2.62. The third kappa shape index (κ3) is 5.01. The molecule has 0 radical (unpaired) electrons. The number of pyridine rings is 1. The molecule has 6 rings (SSSR count).